The summed E-state index contributed by atoms with van der Waals surface area (Å²) in [6.07, 6.45) is 0. The maximum absolute atomic E-state index is 11.3. The molecule has 1 aromatic carbocycles. The molecule has 0 saturated heterocycles. The molecule has 0 fully saturated rings. The van der Waals surface area contributed by atoms with Gasteiger partial charge in [-0.3, -0.25) is 4.79 Å². The molecule has 0 unspecified atom stereocenters. The van der Waals surface area contributed by atoms with Gasteiger partial charge in [0.1, 0.15) is 5.75 Å². The van der Waals surface area contributed by atoms with Crippen molar-refractivity contribution in [3.8, 4) is 5.75 Å². The zero-order chi connectivity index (χ0) is 14.4. The van der Waals surface area contributed by atoms with Gasteiger partial charge in [-0.25, -0.2) is 4.79 Å². The lowest BCUT2D eigenvalue weighted by Crippen LogP contribution is -2.26. The molecule has 1 rings (SSSR count). The van der Waals surface area contributed by atoms with Crippen molar-refractivity contribution >= 4 is 39.4 Å². The average molecular weight is 351 g/mol. The Morgan fingerprint density at radius 2 is 2.05 bits per heavy atom. The number of aryl methyl sites for hydroxylation is 1. The van der Waals surface area contributed by atoms with Crippen molar-refractivity contribution in [2.75, 3.05) is 20.3 Å². The number of halogens is 2. The van der Waals surface area contributed by atoms with Crippen LogP contribution in [0.2, 0.25) is 5.02 Å². The maximum Gasteiger partial charge on any atom is 0.344 e. The van der Waals surface area contributed by atoms with Crippen LogP contribution in [0.15, 0.2) is 16.6 Å². The van der Waals surface area contributed by atoms with E-state index in [4.69, 9.17) is 21.1 Å². The van der Waals surface area contributed by atoms with E-state index in [1.807, 2.05) is 13.0 Å². The molecule has 5 nitrogen and oxygen atoms in total. The molecule has 0 aliphatic rings. The minimum atomic E-state index is -0.637. The lowest BCUT2D eigenvalue weighted by Gasteiger charge is -2.11. The van der Waals surface area contributed by atoms with Gasteiger partial charge in [0.25, 0.3) is 5.91 Å². The van der Waals surface area contributed by atoms with Crippen molar-refractivity contribution in [1.82, 2.24) is 5.32 Å². The molecule has 1 N–H and O–H groups in total. The zero-order valence-electron chi connectivity index (χ0n) is 10.5. The fourth-order valence-electron chi connectivity index (χ4n) is 1.26. The first-order valence-corrected chi connectivity index (χ1v) is 6.55. The smallest absolute Gasteiger partial charge is 0.344 e. The van der Waals surface area contributed by atoms with Gasteiger partial charge in [0, 0.05) is 11.5 Å². The van der Waals surface area contributed by atoms with Crippen LogP contribution >= 0.6 is 27.5 Å². The zero-order valence-corrected chi connectivity index (χ0v) is 12.8. The molecule has 0 atom stereocenters. The highest BCUT2D eigenvalue weighted by Gasteiger charge is 2.11. The number of carbonyl (C=O) groups excluding carboxylic acids is 2. The Hall–Kier alpha value is -1.27. The fraction of sp³-hybridized carbons (Fsp3) is 0.333. The van der Waals surface area contributed by atoms with Crippen molar-refractivity contribution < 1.29 is 19.1 Å². The molecule has 7 heteroatoms. The van der Waals surface area contributed by atoms with Crippen molar-refractivity contribution in [3.63, 3.8) is 0 Å². The van der Waals surface area contributed by atoms with Gasteiger partial charge in [0.2, 0.25) is 0 Å². The topological polar surface area (TPSA) is 64.6 Å². The standard InChI is InChI=1S/C12H13BrClNO4/c1-7-3-8(13)4-9(14)12(7)19-6-11(17)18-5-10(16)15-2/h3-4H,5-6H2,1-2H3,(H,15,16). The van der Waals surface area contributed by atoms with E-state index in [0.717, 1.165) is 10.0 Å². The van der Waals surface area contributed by atoms with Gasteiger partial charge in [-0.2, -0.15) is 0 Å². The highest BCUT2D eigenvalue weighted by atomic mass is 79.9. The van der Waals surface area contributed by atoms with Crippen LogP contribution in [0.5, 0.6) is 5.75 Å². The molecule has 0 bridgehead atoms. The Bertz CT molecular complexity index is 470. The van der Waals surface area contributed by atoms with Gasteiger partial charge in [-0.1, -0.05) is 27.5 Å². The molecule has 0 aliphatic carbocycles. The van der Waals surface area contributed by atoms with Crippen molar-refractivity contribution in [2.45, 2.75) is 6.92 Å². The Balaban J connectivity index is 2.53. The van der Waals surface area contributed by atoms with E-state index in [-0.39, 0.29) is 19.1 Å². The summed E-state index contributed by atoms with van der Waals surface area (Å²) in [5, 5.41) is 2.73. The number of hydrogen-bond donors (Lipinski definition) is 1. The van der Waals surface area contributed by atoms with E-state index >= 15 is 0 Å². The summed E-state index contributed by atoms with van der Waals surface area (Å²) >= 11 is 9.30. The Kier molecular flexibility index (Phi) is 6.11. The predicted octanol–water partition coefficient (Wildman–Crippen LogP) is 2.08. The van der Waals surface area contributed by atoms with E-state index in [9.17, 15) is 9.59 Å². The Labute approximate surface area is 124 Å². The second kappa shape index (κ2) is 7.35. The molecule has 1 aromatic rings. The molecule has 0 heterocycles. The van der Waals surface area contributed by atoms with Gasteiger partial charge in [-0.15, -0.1) is 0 Å². The summed E-state index contributed by atoms with van der Waals surface area (Å²) in [7, 11) is 1.46. The van der Waals surface area contributed by atoms with Gasteiger partial charge < -0.3 is 14.8 Å². The van der Waals surface area contributed by atoms with Gasteiger partial charge in [0.15, 0.2) is 13.2 Å². The molecule has 0 saturated carbocycles. The molecular weight excluding hydrogens is 337 g/mol. The minimum absolute atomic E-state index is 0.306. The Morgan fingerprint density at radius 3 is 2.63 bits per heavy atom. The quantitative estimate of drug-likeness (QED) is 0.826. The van der Waals surface area contributed by atoms with Crippen molar-refractivity contribution in [2.24, 2.45) is 0 Å². The number of benzene rings is 1. The summed E-state index contributed by atoms with van der Waals surface area (Å²) in [4.78, 5) is 22.2. The first-order valence-electron chi connectivity index (χ1n) is 5.38. The molecule has 0 aliphatic heterocycles. The third kappa shape index (κ3) is 5.08. The van der Waals surface area contributed by atoms with Crippen LogP contribution in [0.4, 0.5) is 0 Å². The molecule has 0 radical (unpaired) electrons. The van der Waals surface area contributed by atoms with E-state index < -0.39 is 5.97 Å². The Morgan fingerprint density at radius 1 is 1.37 bits per heavy atom. The van der Waals surface area contributed by atoms with E-state index in [2.05, 4.69) is 21.2 Å². The number of carbonyl (C=O) groups is 2. The third-order valence-electron chi connectivity index (χ3n) is 2.17. The van der Waals surface area contributed by atoms with E-state index in [1.165, 1.54) is 7.05 Å². The number of hydrogen-bond acceptors (Lipinski definition) is 4. The normalized spacial score (nSPS) is 9.89. The number of esters is 1. The fourth-order valence-corrected chi connectivity index (χ4v) is 2.29. The number of likely N-dealkylation sites (N-methyl/N-ethyl adjacent to an activating group) is 1. The summed E-state index contributed by atoms with van der Waals surface area (Å²) in [5.41, 5.74) is 0.790. The molecular formula is C12H13BrClNO4. The second-order valence-corrected chi connectivity index (χ2v) is 4.98. The summed E-state index contributed by atoms with van der Waals surface area (Å²) in [5.74, 6) is -0.602. The predicted molar refractivity (Wildman–Crippen MR) is 74.4 cm³/mol. The highest BCUT2D eigenvalue weighted by Crippen LogP contribution is 2.31. The summed E-state index contributed by atoms with van der Waals surface area (Å²) < 4.78 is 10.8. The number of ether oxygens (including phenoxy) is 2. The lowest BCUT2D eigenvalue weighted by atomic mass is 10.2. The monoisotopic (exact) mass is 349 g/mol. The summed E-state index contributed by atoms with van der Waals surface area (Å²) in [6, 6.07) is 3.48. The maximum atomic E-state index is 11.3. The molecule has 0 spiro atoms. The van der Waals surface area contributed by atoms with E-state index in [0.29, 0.717) is 10.8 Å². The molecule has 0 aromatic heterocycles. The number of rotatable bonds is 5. The van der Waals surface area contributed by atoms with Crippen LogP contribution in [-0.4, -0.2) is 32.1 Å². The van der Waals surface area contributed by atoms with Crippen LogP contribution in [0.1, 0.15) is 5.56 Å². The number of nitrogens with one attached hydrogen (secondary N) is 1. The first-order chi connectivity index (χ1) is 8.93. The summed E-state index contributed by atoms with van der Waals surface area (Å²) in [6.45, 7) is 1.17. The third-order valence-corrected chi connectivity index (χ3v) is 2.91. The molecule has 1 amide bonds. The highest BCUT2D eigenvalue weighted by molar-refractivity contribution is 9.10. The van der Waals surface area contributed by atoms with Gasteiger partial charge in [0.05, 0.1) is 5.02 Å². The van der Waals surface area contributed by atoms with Crippen LogP contribution in [0.3, 0.4) is 0 Å². The first kappa shape index (κ1) is 15.8. The van der Waals surface area contributed by atoms with Crippen LogP contribution < -0.4 is 10.1 Å². The lowest BCUT2D eigenvalue weighted by molar-refractivity contribution is -0.150. The second-order valence-electron chi connectivity index (χ2n) is 3.66. The van der Waals surface area contributed by atoms with Crippen LogP contribution in [-0.2, 0) is 14.3 Å². The number of amides is 1. The van der Waals surface area contributed by atoms with Crippen LogP contribution in [0, 0.1) is 6.92 Å². The molecule has 19 heavy (non-hydrogen) atoms. The van der Waals surface area contributed by atoms with Crippen LogP contribution in [0.25, 0.3) is 0 Å². The van der Waals surface area contributed by atoms with Crippen molar-refractivity contribution in [3.05, 3.63) is 27.2 Å². The molecule has 104 valence electrons. The van der Waals surface area contributed by atoms with Gasteiger partial charge in [-0.05, 0) is 24.6 Å². The SMILES string of the molecule is CNC(=O)COC(=O)COc1c(C)cc(Br)cc1Cl. The largest absolute Gasteiger partial charge is 0.480 e. The average Bonchev–Trinajstić information content (AvgIpc) is 2.34. The van der Waals surface area contributed by atoms with Gasteiger partial charge >= 0.3 is 5.97 Å². The van der Waals surface area contributed by atoms with E-state index in [1.54, 1.807) is 6.07 Å². The van der Waals surface area contributed by atoms with Crippen molar-refractivity contribution in [1.29, 1.82) is 0 Å². The minimum Gasteiger partial charge on any atom is -0.480 e.